The molecule has 3 aromatic rings. The van der Waals surface area contributed by atoms with Gasteiger partial charge in [0.25, 0.3) is 0 Å². The standard InChI is InChI=1S/C25H28O12/c1-10(2)9-34-24-20(31)18-15(29)6-12(35-25-22(33)21(32)19(30)17(8-26)37-25)7-16(18)36-23(24)11-3-4-13(27)14(28)5-11/h3-7,10,17,19,21-22,25-30,32-33H,8-9H2,1-2H3/t17?,19-,21?,22+,25-/m1/s1. The second kappa shape index (κ2) is 10.4. The van der Waals surface area contributed by atoms with Gasteiger partial charge in [0.15, 0.2) is 17.3 Å². The highest BCUT2D eigenvalue weighted by Gasteiger charge is 2.44. The van der Waals surface area contributed by atoms with E-state index in [1.54, 1.807) is 0 Å². The Balaban J connectivity index is 1.81. The van der Waals surface area contributed by atoms with Crippen LogP contribution < -0.4 is 14.9 Å². The predicted molar refractivity (Wildman–Crippen MR) is 128 cm³/mol. The number of ether oxygens (including phenoxy) is 3. The minimum absolute atomic E-state index is 0.0408. The first kappa shape index (κ1) is 26.5. The lowest BCUT2D eigenvalue weighted by Crippen LogP contribution is -2.60. The van der Waals surface area contributed by atoms with Crippen LogP contribution in [0.15, 0.2) is 39.5 Å². The van der Waals surface area contributed by atoms with Crippen LogP contribution in [0.3, 0.4) is 0 Å². The monoisotopic (exact) mass is 520 g/mol. The number of benzene rings is 2. The summed E-state index contributed by atoms with van der Waals surface area (Å²) in [6, 6.07) is 6.08. The molecule has 7 N–H and O–H groups in total. The van der Waals surface area contributed by atoms with E-state index in [-0.39, 0.29) is 52.1 Å². The summed E-state index contributed by atoms with van der Waals surface area (Å²) in [5.74, 6) is -1.78. The summed E-state index contributed by atoms with van der Waals surface area (Å²) in [5.41, 5.74) is -0.654. The molecule has 2 unspecified atom stereocenters. The van der Waals surface area contributed by atoms with Crippen molar-refractivity contribution < 1.29 is 54.4 Å². The summed E-state index contributed by atoms with van der Waals surface area (Å²) in [6.07, 6.45) is -7.73. The Hall–Kier alpha value is -3.55. The Labute approximate surface area is 210 Å². The van der Waals surface area contributed by atoms with Crippen LogP contribution in [0.25, 0.3) is 22.3 Å². The van der Waals surface area contributed by atoms with Crippen molar-refractivity contribution in [1.82, 2.24) is 0 Å². The van der Waals surface area contributed by atoms with Gasteiger partial charge in [0.1, 0.15) is 46.9 Å². The van der Waals surface area contributed by atoms with E-state index in [9.17, 15) is 40.5 Å². The molecule has 1 aromatic heterocycles. The third-order valence-corrected chi connectivity index (χ3v) is 5.81. The summed E-state index contributed by atoms with van der Waals surface area (Å²) >= 11 is 0. The molecule has 0 spiro atoms. The van der Waals surface area contributed by atoms with Crippen molar-refractivity contribution in [3.63, 3.8) is 0 Å². The lowest BCUT2D eigenvalue weighted by Gasteiger charge is -2.39. The van der Waals surface area contributed by atoms with Crippen molar-refractivity contribution in [3.8, 4) is 40.1 Å². The van der Waals surface area contributed by atoms with E-state index in [0.29, 0.717) is 0 Å². The third kappa shape index (κ3) is 5.15. The largest absolute Gasteiger partial charge is 0.507 e. The Morgan fingerprint density at radius 1 is 0.946 bits per heavy atom. The van der Waals surface area contributed by atoms with E-state index in [1.165, 1.54) is 24.3 Å². The molecule has 0 aliphatic carbocycles. The molecule has 1 aliphatic rings. The van der Waals surface area contributed by atoms with Crippen molar-refractivity contribution in [2.24, 2.45) is 5.92 Å². The van der Waals surface area contributed by atoms with Crippen LogP contribution in [-0.4, -0.2) is 79.7 Å². The van der Waals surface area contributed by atoms with Crippen LogP contribution in [-0.2, 0) is 4.74 Å². The van der Waals surface area contributed by atoms with Gasteiger partial charge < -0.3 is 54.4 Å². The summed E-state index contributed by atoms with van der Waals surface area (Å²) in [6.45, 7) is 3.22. The highest BCUT2D eigenvalue weighted by Crippen LogP contribution is 2.39. The minimum atomic E-state index is -1.70. The normalized spacial score (nSPS) is 23.9. The molecule has 200 valence electrons. The van der Waals surface area contributed by atoms with Gasteiger partial charge in [0.2, 0.25) is 17.5 Å². The number of hydrogen-bond acceptors (Lipinski definition) is 12. The number of hydrogen-bond donors (Lipinski definition) is 7. The molecular formula is C25H28O12. The van der Waals surface area contributed by atoms with Gasteiger partial charge in [-0.25, -0.2) is 0 Å². The number of fused-ring (bicyclic) bond motifs is 1. The second-order valence-corrected chi connectivity index (χ2v) is 9.13. The van der Waals surface area contributed by atoms with Crippen molar-refractivity contribution in [2.45, 2.75) is 44.6 Å². The van der Waals surface area contributed by atoms with Gasteiger partial charge >= 0.3 is 0 Å². The van der Waals surface area contributed by atoms with Crippen LogP contribution >= 0.6 is 0 Å². The Morgan fingerprint density at radius 2 is 1.68 bits per heavy atom. The summed E-state index contributed by atoms with van der Waals surface area (Å²) in [5, 5.41) is 69.7. The minimum Gasteiger partial charge on any atom is -0.507 e. The molecule has 0 amide bonds. The SMILES string of the molecule is CC(C)COc1c(-c2ccc(O)c(O)c2)oc2cc(O[C@@H]3OC(CO)[C@@H](O)C(O)[C@@H]3O)cc(O)c2c1=O. The summed E-state index contributed by atoms with van der Waals surface area (Å²) < 4.78 is 22.5. The fraction of sp³-hybridized carbons (Fsp3) is 0.400. The van der Waals surface area contributed by atoms with E-state index in [0.717, 1.165) is 6.07 Å². The van der Waals surface area contributed by atoms with Crippen LogP contribution in [0.2, 0.25) is 0 Å². The molecule has 2 aromatic carbocycles. The molecule has 5 atom stereocenters. The van der Waals surface area contributed by atoms with E-state index in [4.69, 9.17) is 18.6 Å². The van der Waals surface area contributed by atoms with Crippen molar-refractivity contribution in [2.75, 3.05) is 13.2 Å². The fourth-order valence-corrected chi connectivity index (χ4v) is 3.86. The van der Waals surface area contributed by atoms with E-state index < -0.39 is 54.2 Å². The topological polar surface area (TPSA) is 200 Å². The molecule has 1 saturated heterocycles. The van der Waals surface area contributed by atoms with Crippen molar-refractivity contribution >= 4 is 11.0 Å². The first-order valence-corrected chi connectivity index (χ1v) is 11.5. The van der Waals surface area contributed by atoms with Gasteiger partial charge in [-0.3, -0.25) is 4.79 Å². The quantitative estimate of drug-likeness (QED) is 0.216. The third-order valence-electron chi connectivity index (χ3n) is 5.81. The molecule has 12 heteroatoms. The van der Waals surface area contributed by atoms with E-state index in [1.807, 2.05) is 13.8 Å². The van der Waals surface area contributed by atoms with Gasteiger partial charge in [0, 0.05) is 17.7 Å². The number of aliphatic hydroxyl groups excluding tert-OH is 4. The number of phenols is 3. The van der Waals surface area contributed by atoms with Gasteiger partial charge in [-0.15, -0.1) is 0 Å². The Kier molecular flexibility index (Phi) is 7.48. The van der Waals surface area contributed by atoms with E-state index in [2.05, 4.69) is 0 Å². The molecule has 2 heterocycles. The predicted octanol–water partition coefficient (Wildman–Crippen LogP) is 0.790. The first-order chi connectivity index (χ1) is 17.5. The zero-order valence-corrected chi connectivity index (χ0v) is 19.9. The van der Waals surface area contributed by atoms with Crippen molar-refractivity contribution in [1.29, 1.82) is 0 Å². The number of aromatic hydroxyl groups is 3. The Bertz CT molecular complexity index is 1330. The lowest BCUT2D eigenvalue weighted by molar-refractivity contribution is -0.277. The molecule has 0 saturated carbocycles. The molecule has 12 nitrogen and oxygen atoms in total. The van der Waals surface area contributed by atoms with Crippen LogP contribution in [0.5, 0.6) is 28.7 Å². The molecule has 37 heavy (non-hydrogen) atoms. The van der Waals surface area contributed by atoms with Gasteiger partial charge in [-0.05, 0) is 24.1 Å². The average molecular weight is 520 g/mol. The van der Waals surface area contributed by atoms with E-state index >= 15 is 0 Å². The maximum Gasteiger partial charge on any atom is 0.239 e. The zero-order chi connectivity index (χ0) is 27.0. The molecule has 1 aliphatic heterocycles. The second-order valence-electron chi connectivity index (χ2n) is 9.13. The average Bonchev–Trinajstić information content (AvgIpc) is 2.84. The van der Waals surface area contributed by atoms with Crippen LogP contribution in [0.4, 0.5) is 0 Å². The molecule has 1 fully saturated rings. The van der Waals surface area contributed by atoms with Gasteiger partial charge in [-0.2, -0.15) is 0 Å². The summed E-state index contributed by atoms with van der Waals surface area (Å²) in [7, 11) is 0. The molecule has 0 bridgehead atoms. The Morgan fingerprint density at radius 3 is 2.32 bits per heavy atom. The number of aliphatic hydroxyl groups is 4. The number of rotatable bonds is 7. The lowest BCUT2D eigenvalue weighted by atomic mass is 9.99. The highest BCUT2D eigenvalue weighted by atomic mass is 16.7. The highest BCUT2D eigenvalue weighted by molar-refractivity contribution is 5.88. The zero-order valence-electron chi connectivity index (χ0n) is 19.9. The van der Waals surface area contributed by atoms with Gasteiger partial charge in [0.05, 0.1) is 13.2 Å². The molecule has 4 rings (SSSR count). The maximum absolute atomic E-state index is 13.4. The number of phenolic OH excluding ortho intramolecular Hbond substituents is 3. The van der Waals surface area contributed by atoms with Crippen LogP contribution in [0.1, 0.15) is 13.8 Å². The molecular weight excluding hydrogens is 492 g/mol. The van der Waals surface area contributed by atoms with Crippen molar-refractivity contribution in [3.05, 3.63) is 40.6 Å². The maximum atomic E-state index is 13.4. The van der Waals surface area contributed by atoms with Gasteiger partial charge in [-0.1, -0.05) is 13.8 Å². The summed E-state index contributed by atoms with van der Waals surface area (Å²) in [4.78, 5) is 13.4. The smallest absolute Gasteiger partial charge is 0.239 e. The fourth-order valence-electron chi connectivity index (χ4n) is 3.86. The van der Waals surface area contributed by atoms with Crippen LogP contribution in [0, 0.1) is 5.92 Å². The first-order valence-electron chi connectivity index (χ1n) is 11.5. The molecule has 0 radical (unpaired) electrons.